The van der Waals surface area contributed by atoms with Gasteiger partial charge >= 0.3 is 5.97 Å². The zero-order valence-corrected chi connectivity index (χ0v) is 22.7. The molecule has 206 valence electrons. The fourth-order valence-electron chi connectivity index (χ4n) is 5.72. The average Bonchev–Trinajstić information content (AvgIpc) is 3.48. The van der Waals surface area contributed by atoms with E-state index in [2.05, 4.69) is 13.0 Å². The monoisotopic (exact) mass is 516 g/mol. The van der Waals surface area contributed by atoms with Crippen LogP contribution in [0.4, 0.5) is 0 Å². The van der Waals surface area contributed by atoms with Gasteiger partial charge in [0.05, 0.1) is 19.1 Å². The lowest BCUT2D eigenvalue weighted by molar-refractivity contribution is -0.144. The quantitative estimate of drug-likeness (QED) is 0.390. The number of carbonyl (C=O) groups excluding carboxylic acids is 2. The summed E-state index contributed by atoms with van der Waals surface area (Å²) in [5.41, 5.74) is 7.79. The summed E-state index contributed by atoms with van der Waals surface area (Å²) in [7, 11) is 0. The Morgan fingerprint density at radius 2 is 1.89 bits per heavy atom. The van der Waals surface area contributed by atoms with Crippen molar-refractivity contribution in [3.05, 3.63) is 29.3 Å². The average molecular weight is 517 g/mol. The summed E-state index contributed by atoms with van der Waals surface area (Å²) in [6.45, 7) is 9.68. The van der Waals surface area contributed by atoms with Crippen molar-refractivity contribution in [2.75, 3.05) is 52.4 Å². The van der Waals surface area contributed by atoms with Crippen molar-refractivity contribution >= 4 is 17.8 Å². The van der Waals surface area contributed by atoms with E-state index in [0.29, 0.717) is 52.3 Å². The number of aliphatic carboxylic acids is 1. The minimum Gasteiger partial charge on any atom is -0.493 e. The van der Waals surface area contributed by atoms with Crippen molar-refractivity contribution in [2.24, 2.45) is 11.7 Å². The molecule has 1 aromatic carbocycles. The number of fused-ring (bicyclic) bond motifs is 1. The number of rotatable bonds is 14. The van der Waals surface area contributed by atoms with Crippen molar-refractivity contribution in [2.45, 2.75) is 64.8 Å². The first-order valence-electron chi connectivity index (χ1n) is 13.8. The maximum atomic E-state index is 13.4. The molecule has 2 aliphatic rings. The Hall–Kier alpha value is -2.65. The number of carboxylic acid groups (broad SMARTS) is 1. The van der Waals surface area contributed by atoms with Gasteiger partial charge in [0.2, 0.25) is 11.8 Å². The van der Waals surface area contributed by atoms with E-state index in [-0.39, 0.29) is 30.3 Å². The summed E-state index contributed by atoms with van der Waals surface area (Å²) >= 11 is 0. The molecule has 3 atom stereocenters. The van der Waals surface area contributed by atoms with Crippen molar-refractivity contribution in [1.82, 2.24) is 14.7 Å². The van der Waals surface area contributed by atoms with Gasteiger partial charge in [0.15, 0.2) is 0 Å². The van der Waals surface area contributed by atoms with Gasteiger partial charge in [-0.25, -0.2) is 0 Å². The zero-order valence-electron chi connectivity index (χ0n) is 22.7. The van der Waals surface area contributed by atoms with Gasteiger partial charge in [0.1, 0.15) is 5.75 Å². The maximum Gasteiger partial charge on any atom is 0.308 e. The molecule has 3 rings (SSSR count). The van der Waals surface area contributed by atoms with E-state index in [0.717, 1.165) is 42.6 Å². The summed E-state index contributed by atoms with van der Waals surface area (Å²) in [5.74, 6) is -0.938. The highest BCUT2D eigenvalue weighted by Crippen LogP contribution is 2.41. The van der Waals surface area contributed by atoms with Gasteiger partial charge in [-0.15, -0.1) is 0 Å². The number of hydrogen-bond donors (Lipinski definition) is 2. The molecule has 9 heteroatoms. The predicted molar refractivity (Wildman–Crippen MR) is 143 cm³/mol. The first-order chi connectivity index (χ1) is 17.8. The summed E-state index contributed by atoms with van der Waals surface area (Å²) < 4.78 is 5.65. The molecule has 1 saturated heterocycles. The standard InChI is InChI=1S/C28H44N4O5/c1-4-6-13-31(14-7-12-29)26(34)19-32-18-23(21-8-9-25-22(17-21)11-16-37-25)27(28(35)36)24(32)10-15-30(5-2)20(3)33/h8-9,17,23-24,27H,4-7,10-16,18-19,29H2,1-3H3,(H,35,36). The van der Waals surface area contributed by atoms with Gasteiger partial charge in [-0.05, 0) is 49.9 Å². The van der Waals surface area contributed by atoms with Crippen molar-refractivity contribution in [1.29, 1.82) is 0 Å². The molecule has 9 nitrogen and oxygen atoms in total. The van der Waals surface area contributed by atoms with Gasteiger partial charge in [0, 0.05) is 58.0 Å². The molecule has 2 amide bonds. The molecule has 0 saturated carbocycles. The number of ether oxygens (including phenoxy) is 1. The zero-order chi connectivity index (χ0) is 26.9. The summed E-state index contributed by atoms with van der Waals surface area (Å²) in [6.07, 6.45) is 3.96. The molecule has 0 spiro atoms. The Labute approximate surface area is 220 Å². The van der Waals surface area contributed by atoms with Crippen molar-refractivity contribution < 1.29 is 24.2 Å². The lowest BCUT2D eigenvalue weighted by Crippen LogP contribution is -2.46. The van der Waals surface area contributed by atoms with E-state index in [9.17, 15) is 19.5 Å². The number of likely N-dealkylation sites (tertiary alicyclic amines) is 1. The molecule has 0 radical (unpaired) electrons. The van der Waals surface area contributed by atoms with Crippen LogP contribution in [0.2, 0.25) is 0 Å². The summed E-state index contributed by atoms with van der Waals surface area (Å²) in [5, 5.41) is 10.4. The van der Waals surface area contributed by atoms with Crippen LogP contribution in [-0.2, 0) is 20.8 Å². The Morgan fingerprint density at radius 1 is 1.14 bits per heavy atom. The van der Waals surface area contributed by atoms with E-state index in [1.54, 1.807) is 4.90 Å². The first-order valence-corrected chi connectivity index (χ1v) is 13.8. The van der Waals surface area contributed by atoms with E-state index in [4.69, 9.17) is 10.5 Å². The van der Waals surface area contributed by atoms with Crippen LogP contribution >= 0.6 is 0 Å². The molecule has 2 aliphatic heterocycles. The first kappa shape index (κ1) is 28.9. The van der Waals surface area contributed by atoms with E-state index < -0.39 is 11.9 Å². The van der Waals surface area contributed by atoms with Crippen LogP contribution in [0, 0.1) is 5.92 Å². The molecular weight excluding hydrogens is 472 g/mol. The molecule has 0 aromatic heterocycles. The van der Waals surface area contributed by atoms with Crippen LogP contribution in [0.5, 0.6) is 5.75 Å². The summed E-state index contributed by atoms with van der Waals surface area (Å²) in [4.78, 5) is 43.8. The topological polar surface area (TPSA) is 116 Å². The third-order valence-corrected chi connectivity index (χ3v) is 7.80. The minimum atomic E-state index is -0.862. The molecule has 1 fully saturated rings. The van der Waals surface area contributed by atoms with Crippen LogP contribution in [0.25, 0.3) is 0 Å². The molecule has 1 aromatic rings. The van der Waals surface area contributed by atoms with Gasteiger partial charge in [-0.3, -0.25) is 19.3 Å². The number of benzene rings is 1. The van der Waals surface area contributed by atoms with Gasteiger partial charge < -0.3 is 25.4 Å². The van der Waals surface area contributed by atoms with Crippen LogP contribution in [0.3, 0.4) is 0 Å². The van der Waals surface area contributed by atoms with E-state index in [1.165, 1.54) is 6.92 Å². The van der Waals surface area contributed by atoms with Crippen molar-refractivity contribution in [3.63, 3.8) is 0 Å². The smallest absolute Gasteiger partial charge is 0.308 e. The van der Waals surface area contributed by atoms with Gasteiger partial charge in [0.25, 0.3) is 0 Å². The number of unbranched alkanes of at least 4 members (excludes halogenated alkanes) is 1. The van der Waals surface area contributed by atoms with Crippen molar-refractivity contribution in [3.8, 4) is 5.75 Å². The van der Waals surface area contributed by atoms with Crippen LogP contribution in [-0.4, -0.2) is 96.1 Å². The fraction of sp³-hybridized carbons (Fsp3) is 0.679. The molecule has 2 heterocycles. The second-order valence-electron chi connectivity index (χ2n) is 10.2. The normalized spacial score (nSPS) is 20.9. The predicted octanol–water partition coefficient (Wildman–Crippen LogP) is 2.33. The third kappa shape index (κ3) is 7.23. The molecular formula is C28H44N4O5. The number of nitrogens with two attached hydrogens (primary N) is 1. The second-order valence-corrected chi connectivity index (χ2v) is 10.2. The summed E-state index contributed by atoms with van der Waals surface area (Å²) in [6, 6.07) is 5.63. The highest BCUT2D eigenvalue weighted by atomic mass is 16.5. The largest absolute Gasteiger partial charge is 0.493 e. The highest BCUT2D eigenvalue weighted by molar-refractivity contribution is 5.79. The Balaban J connectivity index is 1.88. The Kier molecular flexibility index (Phi) is 10.8. The SMILES string of the molecule is CCCCN(CCCN)C(=O)CN1CC(c2ccc3c(c2)CCO3)C(C(=O)O)C1CCN(CC)C(C)=O. The number of carbonyl (C=O) groups is 3. The Morgan fingerprint density at radius 3 is 2.54 bits per heavy atom. The van der Waals surface area contributed by atoms with E-state index in [1.807, 2.05) is 28.9 Å². The van der Waals surface area contributed by atoms with Gasteiger partial charge in [-0.2, -0.15) is 0 Å². The van der Waals surface area contributed by atoms with Crippen LogP contribution < -0.4 is 10.5 Å². The van der Waals surface area contributed by atoms with E-state index >= 15 is 0 Å². The molecule has 3 unspecified atom stereocenters. The molecule has 37 heavy (non-hydrogen) atoms. The molecule has 0 aliphatic carbocycles. The van der Waals surface area contributed by atoms with Crippen LogP contribution in [0.15, 0.2) is 18.2 Å². The third-order valence-electron chi connectivity index (χ3n) is 7.80. The second kappa shape index (κ2) is 13.8. The minimum absolute atomic E-state index is 0.0120. The maximum absolute atomic E-state index is 13.4. The number of hydrogen-bond acceptors (Lipinski definition) is 6. The number of nitrogens with zero attached hydrogens (tertiary/aromatic N) is 3. The van der Waals surface area contributed by atoms with Crippen LogP contribution in [0.1, 0.15) is 63.5 Å². The fourth-order valence-corrected chi connectivity index (χ4v) is 5.72. The lowest BCUT2D eigenvalue weighted by Gasteiger charge is -2.31. The lowest BCUT2D eigenvalue weighted by atomic mass is 9.83. The van der Waals surface area contributed by atoms with Gasteiger partial charge in [-0.1, -0.05) is 25.5 Å². The highest BCUT2D eigenvalue weighted by Gasteiger charge is 2.47. The number of carboxylic acids is 1. The Bertz CT molecular complexity index is 931. The number of amides is 2. The molecule has 3 N–H and O–H groups in total. The molecule has 0 bridgehead atoms.